The lowest BCUT2D eigenvalue weighted by Crippen LogP contribution is -2.43. The molecule has 1 fully saturated rings. The second kappa shape index (κ2) is 8.10. The molecule has 0 spiro atoms. The molecule has 1 N–H and O–H groups in total. The molecule has 2 heterocycles. The summed E-state index contributed by atoms with van der Waals surface area (Å²) >= 11 is 1.13. The highest BCUT2D eigenvalue weighted by atomic mass is 32.2. The quantitative estimate of drug-likeness (QED) is 0.837. The molecule has 27 heavy (non-hydrogen) atoms. The Morgan fingerprint density at radius 2 is 2.04 bits per heavy atom. The van der Waals surface area contributed by atoms with Gasteiger partial charge >= 0.3 is 6.18 Å². The monoisotopic (exact) mass is 402 g/mol. The zero-order valence-electron chi connectivity index (χ0n) is 14.8. The Hall–Kier alpha value is -1.74. The number of anilines is 1. The van der Waals surface area contributed by atoms with E-state index < -0.39 is 22.9 Å². The van der Waals surface area contributed by atoms with Gasteiger partial charge in [-0.15, -0.1) is 11.8 Å². The first-order chi connectivity index (χ1) is 12.8. The number of halogens is 3. The summed E-state index contributed by atoms with van der Waals surface area (Å²) in [5.41, 5.74) is -0.671. The number of nitrogens with one attached hydrogen (secondary N) is 1. The minimum Gasteiger partial charge on any atom is -0.378 e. The largest absolute Gasteiger partial charge is 0.416 e. The molecule has 0 unspecified atom stereocenters. The second-order valence-electron chi connectivity index (χ2n) is 6.54. The molecule has 2 amide bonds. The molecule has 2 aliphatic rings. The number of carbonyl (C=O) groups excluding carboxylic acids is 2. The van der Waals surface area contributed by atoms with Crippen LogP contribution in [0, 0.1) is 0 Å². The van der Waals surface area contributed by atoms with E-state index in [1.165, 1.54) is 6.07 Å². The fraction of sp³-hybridized carbons (Fsp3) is 0.556. The SMILES string of the molecule is CCOC1CCN(C(=O)C[C@H]2Sc3ccc(C(F)(F)F)cc3NC2=O)CC1. The van der Waals surface area contributed by atoms with Crippen molar-refractivity contribution in [1.82, 2.24) is 4.90 Å². The van der Waals surface area contributed by atoms with Crippen LogP contribution in [0.4, 0.5) is 18.9 Å². The van der Waals surface area contributed by atoms with Crippen molar-refractivity contribution in [2.45, 2.75) is 48.6 Å². The van der Waals surface area contributed by atoms with Crippen molar-refractivity contribution in [3.05, 3.63) is 23.8 Å². The molecule has 1 saturated heterocycles. The Bertz CT molecular complexity index is 718. The van der Waals surface area contributed by atoms with Crippen molar-refractivity contribution in [2.75, 3.05) is 25.0 Å². The van der Waals surface area contributed by atoms with E-state index in [0.29, 0.717) is 24.6 Å². The number of alkyl halides is 3. The second-order valence-corrected chi connectivity index (χ2v) is 7.79. The summed E-state index contributed by atoms with van der Waals surface area (Å²) in [4.78, 5) is 27.1. The Balaban J connectivity index is 1.61. The van der Waals surface area contributed by atoms with Crippen LogP contribution in [0.25, 0.3) is 0 Å². The lowest BCUT2D eigenvalue weighted by molar-refractivity contribution is -0.137. The fourth-order valence-electron chi connectivity index (χ4n) is 3.26. The van der Waals surface area contributed by atoms with Gasteiger partial charge in [0.25, 0.3) is 0 Å². The van der Waals surface area contributed by atoms with E-state index in [2.05, 4.69) is 5.32 Å². The molecule has 0 bridgehead atoms. The molecule has 0 aliphatic carbocycles. The summed E-state index contributed by atoms with van der Waals surface area (Å²) < 4.78 is 44.0. The molecule has 5 nitrogen and oxygen atoms in total. The van der Waals surface area contributed by atoms with Gasteiger partial charge in [-0.1, -0.05) is 0 Å². The molecular formula is C18H21F3N2O3S. The third-order valence-electron chi connectivity index (χ3n) is 4.68. The molecule has 9 heteroatoms. The van der Waals surface area contributed by atoms with Gasteiger partial charge in [-0.05, 0) is 38.0 Å². The first-order valence-electron chi connectivity index (χ1n) is 8.86. The zero-order chi connectivity index (χ0) is 19.6. The fourth-order valence-corrected chi connectivity index (χ4v) is 4.34. The van der Waals surface area contributed by atoms with E-state index in [4.69, 9.17) is 4.74 Å². The molecule has 2 aliphatic heterocycles. The average molecular weight is 402 g/mol. The van der Waals surface area contributed by atoms with Crippen LogP contribution in [-0.2, 0) is 20.5 Å². The average Bonchev–Trinajstić information content (AvgIpc) is 2.62. The molecule has 148 valence electrons. The van der Waals surface area contributed by atoms with Crippen LogP contribution in [0.2, 0.25) is 0 Å². The van der Waals surface area contributed by atoms with Gasteiger partial charge in [-0.25, -0.2) is 0 Å². The lowest BCUT2D eigenvalue weighted by atomic mass is 10.1. The van der Waals surface area contributed by atoms with Crippen LogP contribution >= 0.6 is 11.8 Å². The maximum atomic E-state index is 12.8. The van der Waals surface area contributed by atoms with Crippen LogP contribution in [0.15, 0.2) is 23.1 Å². The molecule has 3 rings (SSSR count). The molecule has 0 aromatic heterocycles. The highest BCUT2D eigenvalue weighted by Crippen LogP contribution is 2.40. The minimum absolute atomic E-state index is 0.0241. The van der Waals surface area contributed by atoms with Gasteiger partial charge in [-0.3, -0.25) is 9.59 Å². The van der Waals surface area contributed by atoms with Gasteiger partial charge in [0, 0.05) is 31.0 Å². The Morgan fingerprint density at radius 3 is 2.67 bits per heavy atom. The van der Waals surface area contributed by atoms with E-state index in [1.54, 1.807) is 4.90 Å². The van der Waals surface area contributed by atoms with Crippen molar-refractivity contribution in [3.8, 4) is 0 Å². The van der Waals surface area contributed by atoms with Gasteiger partial charge < -0.3 is 15.0 Å². The van der Waals surface area contributed by atoms with E-state index >= 15 is 0 Å². The molecule has 0 saturated carbocycles. The number of thioether (sulfide) groups is 1. The predicted molar refractivity (Wildman–Crippen MR) is 95.6 cm³/mol. The first kappa shape index (κ1) is 20.0. The topological polar surface area (TPSA) is 58.6 Å². The number of amides is 2. The number of rotatable bonds is 4. The van der Waals surface area contributed by atoms with E-state index in [0.717, 1.165) is 36.7 Å². The number of hydrogen-bond donors (Lipinski definition) is 1. The maximum absolute atomic E-state index is 12.8. The number of likely N-dealkylation sites (tertiary alicyclic amines) is 1. The third kappa shape index (κ3) is 4.76. The number of piperidine rings is 1. The maximum Gasteiger partial charge on any atom is 0.416 e. The van der Waals surface area contributed by atoms with Gasteiger partial charge in [0.15, 0.2) is 0 Å². The van der Waals surface area contributed by atoms with Gasteiger partial charge in [0.1, 0.15) is 0 Å². The van der Waals surface area contributed by atoms with E-state index in [1.807, 2.05) is 6.92 Å². The number of hydrogen-bond acceptors (Lipinski definition) is 4. The van der Waals surface area contributed by atoms with Crippen molar-refractivity contribution >= 4 is 29.3 Å². The highest BCUT2D eigenvalue weighted by Gasteiger charge is 2.35. The van der Waals surface area contributed by atoms with E-state index in [-0.39, 0.29) is 24.1 Å². The van der Waals surface area contributed by atoms with Crippen LogP contribution in [0.5, 0.6) is 0 Å². The Morgan fingerprint density at radius 1 is 1.33 bits per heavy atom. The molecule has 1 atom stereocenters. The third-order valence-corrected chi connectivity index (χ3v) is 5.96. The molecular weight excluding hydrogens is 381 g/mol. The summed E-state index contributed by atoms with van der Waals surface area (Å²) in [7, 11) is 0. The number of benzene rings is 1. The zero-order valence-corrected chi connectivity index (χ0v) is 15.7. The minimum atomic E-state index is -4.47. The Kier molecular flexibility index (Phi) is 6.00. The molecule has 1 aromatic rings. The van der Waals surface area contributed by atoms with Crippen molar-refractivity contribution in [3.63, 3.8) is 0 Å². The normalized spacial score (nSPS) is 21.0. The van der Waals surface area contributed by atoms with Crippen LogP contribution in [-0.4, -0.2) is 47.8 Å². The summed E-state index contributed by atoms with van der Waals surface area (Å²) in [5.74, 6) is -0.558. The van der Waals surface area contributed by atoms with Crippen molar-refractivity contribution in [2.24, 2.45) is 0 Å². The summed E-state index contributed by atoms with van der Waals surface area (Å²) in [6.45, 7) is 3.76. The first-order valence-corrected chi connectivity index (χ1v) is 9.74. The summed E-state index contributed by atoms with van der Waals surface area (Å²) in [6, 6.07) is 3.25. The number of ether oxygens (including phenoxy) is 1. The van der Waals surface area contributed by atoms with Gasteiger partial charge in [-0.2, -0.15) is 13.2 Å². The lowest BCUT2D eigenvalue weighted by Gasteiger charge is -2.33. The van der Waals surface area contributed by atoms with Gasteiger partial charge in [0.2, 0.25) is 11.8 Å². The number of fused-ring (bicyclic) bond motifs is 1. The Labute approximate surface area is 159 Å². The smallest absolute Gasteiger partial charge is 0.378 e. The van der Waals surface area contributed by atoms with Crippen LogP contribution in [0.1, 0.15) is 31.7 Å². The predicted octanol–water partition coefficient (Wildman–Crippen LogP) is 3.54. The van der Waals surface area contributed by atoms with Crippen LogP contribution < -0.4 is 5.32 Å². The number of nitrogens with zero attached hydrogens (tertiary/aromatic N) is 1. The molecule has 0 radical (unpaired) electrons. The van der Waals surface area contributed by atoms with Crippen LogP contribution in [0.3, 0.4) is 0 Å². The number of carbonyl (C=O) groups is 2. The summed E-state index contributed by atoms with van der Waals surface area (Å²) in [6.07, 6.45) is -2.73. The van der Waals surface area contributed by atoms with Crippen molar-refractivity contribution < 1.29 is 27.5 Å². The standard InChI is InChI=1S/C18H21F3N2O3S/c1-2-26-12-5-7-23(8-6-12)16(24)10-15-17(25)22-13-9-11(18(19,20)21)3-4-14(13)27-15/h3-4,9,12,15H,2,5-8,10H2,1H3,(H,22,25)/t15-/m1/s1. The summed E-state index contributed by atoms with van der Waals surface area (Å²) in [5, 5.41) is 1.86. The van der Waals surface area contributed by atoms with E-state index in [9.17, 15) is 22.8 Å². The molecule has 1 aromatic carbocycles. The highest BCUT2D eigenvalue weighted by molar-refractivity contribution is 8.01. The van der Waals surface area contributed by atoms with Crippen molar-refractivity contribution in [1.29, 1.82) is 0 Å². The van der Waals surface area contributed by atoms with Gasteiger partial charge in [0.05, 0.1) is 22.6 Å².